The Morgan fingerprint density at radius 3 is 2.79 bits per heavy atom. The number of para-hydroxylation sites is 2. The molecule has 1 heterocycles. The lowest BCUT2D eigenvalue weighted by Crippen LogP contribution is -2.12. The van der Waals surface area contributed by atoms with Crippen LogP contribution in [-0.4, -0.2) is 17.0 Å². The molecular formula is C14H11BrFN3. The van der Waals surface area contributed by atoms with E-state index in [9.17, 15) is 4.39 Å². The van der Waals surface area contributed by atoms with E-state index < -0.39 is 0 Å². The molecule has 0 amide bonds. The van der Waals surface area contributed by atoms with E-state index in [2.05, 4.69) is 25.9 Å². The summed E-state index contributed by atoms with van der Waals surface area (Å²) in [6, 6.07) is 12.5. The topological polar surface area (TPSA) is 31.9 Å². The van der Waals surface area contributed by atoms with Crippen LogP contribution in [0.4, 0.5) is 16.0 Å². The molecule has 19 heavy (non-hydrogen) atoms. The van der Waals surface area contributed by atoms with Crippen LogP contribution in [0.1, 0.15) is 0 Å². The fourth-order valence-electron chi connectivity index (χ4n) is 1.96. The van der Waals surface area contributed by atoms with Crippen LogP contribution in [0.5, 0.6) is 0 Å². The molecule has 0 bridgehead atoms. The number of nitrogens with zero attached hydrogens (tertiary/aromatic N) is 2. The van der Waals surface area contributed by atoms with Gasteiger partial charge in [-0.3, -0.25) is 0 Å². The van der Waals surface area contributed by atoms with Crippen molar-refractivity contribution in [1.82, 2.24) is 9.97 Å². The first-order valence-corrected chi connectivity index (χ1v) is 6.58. The second-order valence-electron chi connectivity index (χ2n) is 4.23. The molecule has 1 aromatic heterocycles. The Morgan fingerprint density at radius 2 is 2.00 bits per heavy atom. The number of imidazole rings is 1. The summed E-state index contributed by atoms with van der Waals surface area (Å²) in [5.41, 5.74) is 2.26. The number of H-pyrrole nitrogens is 1. The van der Waals surface area contributed by atoms with Crippen molar-refractivity contribution in [1.29, 1.82) is 0 Å². The van der Waals surface area contributed by atoms with Gasteiger partial charge in [-0.15, -0.1) is 0 Å². The van der Waals surface area contributed by atoms with Gasteiger partial charge < -0.3 is 9.88 Å². The average Bonchev–Trinajstić information content (AvgIpc) is 2.84. The molecule has 0 spiro atoms. The van der Waals surface area contributed by atoms with E-state index in [1.807, 2.05) is 24.3 Å². The highest BCUT2D eigenvalue weighted by molar-refractivity contribution is 9.10. The summed E-state index contributed by atoms with van der Waals surface area (Å²) in [6.07, 6.45) is 0. The summed E-state index contributed by atoms with van der Waals surface area (Å²) in [5, 5.41) is 0. The largest absolute Gasteiger partial charge is 0.324 e. The molecule has 0 aliphatic rings. The molecule has 0 aliphatic heterocycles. The molecule has 0 fully saturated rings. The number of nitrogens with one attached hydrogen (secondary N) is 1. The lowest BCUT2D eigenvalue weighted by atomic mass is 10.3. The third-order valence-corrected chi connectivity index (χ3v) is 3.46. The van der Waals surface area contributed by atoms with E-state index in [1.54, 1.807) is 24.1 Å². The Kier molecular flexibility index (Phi) is 2.98. The molecule has 1 N–H and O–H groups in total. The van der Waals surface area contributed by atoms with Crippen LogP contribution in [0, 0.1) is 5.82 Å². The number of halogens is 2. The molecule has 3 aromatic rings. The fraction of sp³-hybridized carbons (Fsp3) is 0.0714. The second-order valence-corrected chi connectivity index (χ2v) is 5.15. The first-order valence-electron chi connectivity index (χ1n) is 5.78. The van der Waals surface area contributed by atoms with Gasteiger partial charge in [0.2, 0.25) is 5.95 Å². The van der Waals surface area contributed by atoms with Crippen molar-refractivity contribution in [3.05, 3.63) is 52.8 Å². The van der Waals surface area contributed by atoms with E-state index in [-0.39, 0.29) is 5.82 Å². The zero-order chi connectivity index (χ0) is 13.4. The Hall–Kier alpha value is -1.88. The Bertz CT molecular complexity index is 705. The van der Waals surface area contributed by atoms with Gasteiger partial charge in [-0.25, -0.2) is 9.37 Å². The first-order chi connectivity index (χ1) is 9.15. The maximum atomic E-state index is 13.9. The predicted octanol–water partition coefficient (Wildman–Crippen LogP) is 4.23. The number of fused-ring (bicyclic) bond motifs is 1. The average molecular weight is 320 g/mol. The molecule has 0 saturated heterocycles. The number of benzene rings is 2. The van der Waals surface area contributed by atoms with Gasteiger partial charge >= 0.3 is 0 Å². The Labute approximate surface area is 118 Å². The van der Waals surface area contributed by atoms with Crippen LogP contribution >= 0.6 is 15.9 Å². The molecule has 2 aromatic carbocycles. The van der Waals surface area contributed by atoms with Crippen LogP contribution in [0.25, 0.3) is 11.0 Å². The van der Waals surface area contributed by atoms with Gasteiger partial charge in [0.25, 0.3) is 0 Å². The highest BCUT2D eigenvalue weighted by Gasteiger charge is 2.13. The normalized spacial score (nSPS) is 10.9. The summed E-state index contributed by atoms with van der Waals surface area (Å²) in [4.78, 5) is 9.32. The summed E-state index contributed by atoms with van der Waals surface area (Å²) in [7, 11) is 1.78. The van der Waals surface area contributed by atoms with Crippen LogP contribution in [0.3, 0.4) is 0 Å². The minimum absolute atomic E-state index is 0.286. The van der Waals surface area contributed by atoms with Gasteiger partial charge in [0.05, 0.1) is 16.7 Å². The maximum Gasteiger partial charge on any atom is 0.208 e. The zero-order valence-corrected chi connectivity index (χ0v) is 11.8. The molecule has 3 nitrogen and oxygen atoms in total. The van der Waals surface area contributed by atoms with E-state index in [0.717, 1.165) is 15.5 Å². The predicted molar refractivity (Wildman–Crippen MR) is 78.3 cm³/mol. The van der Waals surface area contributed by atoms with Gasteiger partial charge in [-0.05, 0) is 30.3 Å². The number of anilines is 2. The monoisotopic (exact) mass is 319 g/mol. The second kappa shape index (κ2) is 4.66. The zero-order valence-electron chi connectivity index (χ0n) is 10.2. The van der Waals surface area contributed by atoms with Crippen molar-refractivity contribution in [3.63, 3.8) is 0 Å². The van der Waals surface area contributed by atoms with Crippen molar-refractivity contribution in [2.75, 3.05) is 11.9 Å². The van der Waals surface area contributed by atoms with Gasteiger partial charge in [0.15, 0.2) is 0 Å². The summed E-state index contributed by atoms with van der Waals surface area (Å²) in [5.74, 6) is 0.323. The van der Waals surface area contributed by atoms with Crippen molar-refractivity contribution in [2.24, 2.45) is 0 Å². The quantitative estimate of drug-likeness (QED) is 0.766. The van der Waals surface area contributed by atoms with Gasteiger partial charge in [0, 0.05) is 11.5 Å². The third kappa shape index (κ3) is 2.21. The molecule has 3 rings (SSSR count). The molecule has 0 saturated carbocycles. The Balaban J connectivity index is 2.07. The standard InChI is InChI=1S/C14H11BrFN3/c1-19(13-8-9(15)6-7-10(13)16)14-17-11-4-2-3-5-12(11)18-14/h2-8H,1H3,(H,17,18). The minimum Gasteiger partial charge on any atom is -0.324 e. The van der Waals surface area contributed by atoms with Crippen LogP contribution in [0.2, 0.25) is 0 Å². The lowest BCUT2D eigenvalue weighted by Gasteiger charge is -2.16. The van der Waals surface area contributed by atoms with Gasteiger partial charge in [-0.1, -0.05) is 28.1 Å². The molecular weight excluding hydrogens is 309 g/mol. The summed E-state index contributed by atoms with van der Waals surface area (Å²) < 4.78 is 14.7. The maximum absolute atomic E-state index is 13.9. The van der Waals surface area contributed by atoms with Crippen molar-refractivity contribution >= 4 is 38.6 Å². The third-order valence-electron chi connectivity index (χ3n) is 2.96. The summed E-state index contributed by atoms with van der Waals surface area (Å²) in [6.45, 7) is 0. The van der Waals surface area contributed by atoms with Gasteiger partial charge in [0.1, 0.15) is 5.82 Å². The van der Waals surface area contributed by atoms with Gasteiger partial charge in [-0.2, -0.15) is 0 Å². The molecule has 96 valence electrons. The van der Waals surface area contributed by atoms with E-state index in [4.69, 9.17) is 0 Å². The molecule has 0 radical (unpaired) electrons. The van der Waals surface area contributed by atoms with Crippen LogP contribution in [0.15, 0.2) is 46.9 Å². The molecule has 0 aliphatic carbocycles. The first kappa shape index (κ1) is 12.2. The van der Waals surface area contributed by atoms with Crippen molar-refractivity contribution in [3.8, 4) is 0 Å². The number of aromatic amines is 1. The Morgan fingerprint density at radius 1 is 1.21 bits per heavy atom. The molecule has 5 heteroatoms. The number of rotatable bonds is 2. The SMILES string of the molecule is CN(c1nc2ccccc2[nH]1)c1cc(Br)ccc1F. The van der Waals surface area contributed by atoms with E-state index >= 15 is 0 Å². The van der Waals surface area contributed by atoms with Crippen LogP contribution < -0.4 is 4.90 Å². The van der Waals surface area contributed by atoms with Crippen LogP contribution in [-0.2, 0) is 0 Å². The fourth-order valence-corrected chi connectivity index (χ4v) is 2.30. The lowest BCUT2D eigenvalue weighted by molar-refractivity contribution is 0.626. The summed E-state index contributed by atoms with van der Waals surface area (Å²) >= 11 is 3.35. The van der Waals surface area contributed by atoms with Crippen molar-refractivity contribution in [2.45, 2.75) is 0 Å². The number of hydrogen-bond acceptors (Lipinski definition) is 2. The number of aromatic nitrogens is 2. The van der Waals surface area contributed by atoms with E-state index in [0.29, 0.717) is 11.6 Å². The highest BCUT2D eigenvalue weighted by Crippen LogP contribution is 2.28. The molecule has 0 unspecified atom stereocenters. The molecule has 0 atom stereocenters. The highest BCUT2D eigenvalue weighted by atomic mass is 79.9. The van der Waals surface area contributed by atoms with Crippen molar-refractivity contribution < 1.29 is 4.39 Å². The smallest absolute Gasteiger partial charge is 0.208 e. The minimum atomic E-state index is -0.286. The number of hydrogen-bond donors (Lipinski definition) is 1. The van der Waals surface area contributed by atoms with E-state index in [1.165, 1.54) is 6.07 Å².